The van der Waals surface area contributed by atoms with Crippen molar-refractivity contribution >= 4 is 11.8 Å². The van der Waals surface area contributed by atoms with E-state index in [2.05, 4.69) is 40.6 Å². The molecule has 1 atom stereocenters. The maximum Gasteiger partial charge on any atom is 0.320 e. The SMILES string of the molecule is CC(C)C(NC(=O)Nc1ccc2c(n1)CCC2)c1cnn(C)c1. The van der Waals surface area contributed by atoms with E-state index in [4.69, 9.17) is 0 Å². The van der Waals surface area contributed by atoms with Crippen LogP contribution >= 0.6 is 0 Å². The largest absolute Gasteiger partial charge is 0.331 e. The van der Waals surface area contributed by atoms with Gasteiger partial charge in [-0.15, -0.1) is 0 Å². The highest BCUT2D eigenvalue weighted by molar-refractivity contribution is 5.88. The Hall–Kier alpha value is -2.37. The number of rotatable bonds is 4. The third-order valence-corrected chi connectivity index (χ3v) is 4.21. The van der Waals surface area contributed by atoms with Crippen molar-refractivity contribution in [2.24, 2.45) is 13.0 Å². The Bertz CT molecular complexity index is 707. The molecule has 0 saturated carbocycles. The summed E-state index contributed by atoms with van der Waals surface area (Å²) in [6, 6.07) is 3.61. The van der Waals surface area contributed by atoms with Gasteiger partial charge in [-0.05, 0) is 36.8 Å². The molecule has 1 unspecified atom stereocenters. The molecule has 2 heterocycles. The van der Waals surface area contributed by atoms with Crippen LogP contribution in [-0.2, 0) is 19.9 Å². The van der Waals surface area contributed by atoms with E-state index in [1.807, 2.05) is 19.3 Å². The quantitative estimate of drug-likeness (QED) is 0.911. The van der Waals surface area contributed by atoms with Crippen molar-refractivity contribution in [1.29, 1.82) is 0 Å². The van der Waals surface area contributed by atoms with Crippen molar-refractivity contribution in [3.63, 3.8) is 0 Å². The average Bonchev–Trinajstić information content (AvgIpc) is 3.12. The number of hydrogen-bond donors (Lipinski definition) is 2. The topological polar surface area (TPSA) is 71.8 Å². The Labute approximate surface area is 136 Å². The predicted molar refractivity (Wildman–Crippen MR) is 89.2 cm³/mol. The van der Waals surface area contributed by atoms with E-state index in [1.54, 1.807) is 10.9 Å². The lowest BCUT2D eigenvalue weighted by Crippen LogP contribution is -2.35. The van der Waals surface area contributed by atoms with Gasteiger partial charge in [0.05, 0.1) is 12.2 Å². The third-order valence-electron chi connectivity index (χ3n) is 4.21. The number of pyridine rings is 1. The van der Waals surface area contributed by atoms with Gasteiger partial charge in [0.1, 0.15) is 5.82 Å². The van der Waals surface area contributed by atoms with Gasteiger partial charge in [0.15, 0.2) is 0 Å². The minimum Gasteiger partial charge on any atom is -0.331 e. The summed E-state index contributed by atoms with van der Waals surface area (Å²) in [4.78, 5) is 16.9. The summed E-state index contributed by atoms with van der Waals surface area (Å²) in [7, 11) is 1.87. The van der Waals surface area contributed by atoms with Crippen molar-refractivity contribution in [2.45, 2.75) is 39.2 Å². The van der Waals surface area contributed by atoms with Gasteiger partial charge in [-0.1, -0.05) is 19.9 Å². The first-order chi connectivity index (χ1) is 11.0. The highest BCUT2D eigenvalue weighted by Gasteiger charge is 2.20. The molecule has 6 nitrogen and oxygen atoms in total. The van der Waals surface area contributed by atoms with Gasteiger partial charge in [0, 0.05) is 24.5 Å². The summed E-state index contributed by atoms with van der Waals surface area (Å²) in [6.45, 7) is 4.15. The minimum atomic E-state index is -0.238. The van der Waals surface area contributed by atoms with E-state index in [0.29, 0.717) is 5.82 Å². The summed E-state index contributed by atoms with van der Waals surface area (Å²) in [5.41, 5.74) is 3.40. The Morgan fingerprint density at radius 2 is 2.13 bits per heavy atom. The minimum absolute atomic E-state index is 0.0851. The van der Waals surface area contributed by atoms with Crippen LogP contribution in [0.15, 0.2) is 24.5 Å². The second-order valence-corrected chi connectivity index (χ2v) is 6.42. The maximum absolute atomic E-state index is 12.3. The highest BCUT2D eigenvalue weighted by atomic mass is 16.2. The highest BCUT2D eigenvalue weighted by Crippen LogP contribution is 2.23. The smallest absolute Gasteiger partial charge is 0.320 e. The molecule has 23 heavy (non-hydrogen) atoms. The molecule has 6 heteroatoms. The Balaban J connectivity index is 1.67. The fourth-order valence-corrected chi connectivity index (χ4v) is 3.02. The van der Waals surface area contributed by atoms with Crippen molar-refractivity contribution in [2.75, 3.05) is 5.32 Å². The monoisotopic (exact) mass is 313 g/mol. The number of urea groups is 1. The summed E-state index contributed by atoms with van der Waals surface area (Å²) < 4.78 is 1.74. The first-order valence-electron chi connectivity index (χ1n) is 8.08. The molecular formula is C17H23N5O. The summed E-state index contributed by atoms with van der Waals surface area (Å²) in [6.07, 6.45) is 6.95. The van der Waals surface area contributed by atoms with Crippen LogP contribution in [0.25, 0.3) is 0 Å². The molecule has 2 N–H and O–H groups in total. The van der Waals surface area contributed by atoms with Crippen molar-refractivity contribution in [1.82, 2.24) is 20.1 Å². The summed E-state index contributed by atoms with van der Waals surface area (Å²) in [5, 5.41) is 10.0. The fraction of sp³-hybridized carbons (Fsp3) is 0.471. The van der Waals surface area contributed by atoms with Crippen LogP contribution in [0.3, 0.4) is 0 Å². The zero-order chi connectivity index (χ0) is 16.4. The number of nitrogens with one attached hydrogen (secondary N) is 2. The Morgan fingerprint density at radius 3 is 2.83 bits per heavy atom. The molecule has 0 spiro atoms. The number of aromatic nitrogens is 3. The van der Waals surface area contributed by atoms with Crippen LogP contribution in [0.5, 0.6) is 0 Å². The predicted octanol–water partition coefficient (Wildman–Crippen LogP) is 2.82. The van der Waals surface area contributed by atoms with Gasteiger partial charge in [0.25, 0.3) is 0 Å². The van der Waals surface area contributed by atoms with Crippen molar-refractivity contribution in [3.8, 4) is 0 Å². The molecule has 0 radical (unpaired) electrons. The van der Waals surface area contributed by atoms with Crippen LogP contribution in [-0.4, -0.2) is 20.8 Å². The molecule has 0 fully saturated rings. The standard InChI is InChI=1S/C17H23N5O/c1-11(2)16(13-9-18-22(3)10-13)21-17(23)20-15-8-7-12-5-4-6-14(12)19-15/h7-11,16H,4-6H2,1-3H3,(H2,19,20,21,23). The number of carbonyl (C=O) groups excluding carboxylic acids is 1. The van der Waals surface area contributed by atoms with Gasteiger partial charge in [-0.3, -0.25) is 10.00 Å². The number of nitrogens with zero attached hydrogens (tertiary/aromatic N) is 3. The molecule has 122 valence electrons. The van der Waals surface area contributed by atoms with Crippen molar-refractivity contribution in [3.05, 3.63) is 41.3 Å². The molecule has 0 aromatic carbocycles. The van der Waals surface area contributed by atoms with Crippen LogP contribution in [0, 0.1) is 5.92 Å². The molecule has 0 bridgehead atoms. The normalized spacial score (nSPS) is 14.6. The molecule has 3 rings (SSSR count). The van der Waals surface area contributed by atoms with Crippen molar-refractivity contribution < 1.29 is 4.79 Å². The Kier molecular flexibility index (Phi) is 4.32. The van der Waals surface area contributed by atoms with Gasteiger partial charge in [-0.25, -0.2) is 9.78 Å². The van der Waals surface area contributed by atoms with Crippen LogP contribution in [0.2, 0.25) is 0 Å². The lowest BCUT2D eigenvalue weighted by atomic mass is 9.99. The number of aryl methyl sites for hydroxylation is 3. The zero-order valence-electron chi connectivity index (χ0n) is 13.8. The molecule has 0 aliphatic heterocycles. The van der Waals surface area contributed by atoms with E-state index in [1.165, 1.54) is 5.56 Å². The molecule has 1 aliphatic rings. The number of carbonyl (C=O) groups is 1. The Morgan fingerprint density at radius 1 is 1.30 bits per heavy atom. The van der Waals surface area contributed by atoms with Gasteiger partial charge in [-0.2, -0.15) is 5.10 Å². The number of amides is 2. The zero-order valence-corrected chi connectivity index (χ0v) is 13.8. The van der Waals surface area contributed by atoms with Crippen LogP contribution in [0.4, 0.5) is 10.6 Å². The molecule has 1 aliphatic carbocycles. The van der Waals surface area contributed by atoms with Gasteiger partial charge >= 0.3 is 6.03 Å². The van der Waals surface area contributed by atoms with E-state index in [0.717, 1.165) is 30.5 Å². The fourth-order valence-electron chi connectivity index (χ4n) is 3.02. The molecule has 2 aromatic heterocycles. The van der Waals surface area contributed by atoms with Crippen LogP contribution in [0.1, 0.15) is 43.1 Å². The lowest BCUT2D eigenvalue weighted by molar-refractivity contribution is 0.244. The van der Waals surface area contributed by atoms with E-state index in [9.17, 15) is 4.79 Å². The summed E-state index contributed by atoms with van der Waals surface area (Å²) >= 11 is 0. The van der Waals surface area contributed by atoms with E-state index in [-0.39, 0.29) is 18.0 Å². The van der Waals surface area contributed by atoms with E-state index < -0.39 is 0 Å². The first kappa shape index (κ1) is 15.5. The molecule has 2 amide bonds. The molecule has 0 saturated heterocycles. The number of fused-ring (bicyclic) bond motifs is 1. The number of hydrogen-bond acceptors (Lipinski definition) is 3. The van der Waals surface area contributed by atoms with Crippen LogP contribution < -0.4 is 10.6 Å². The van der Waals surface area contributed by atoms with E-state index >= 15 is 0 Å². The lowest BCUT2D eigenvalue weighted by Gasteiger charge is -2.21. The molecular weight excluding hydrogens is 290 g/mol. The first-order valence-corrected chi connectivity index (χ1v) is 8.08. The third kappa shape index (κ3) is 3.52. The molecule has 2 aromatic rings. The summed E-state index contributed by atoms with van der Waals surface area (Å²) in [5.74, 6) is 0.870. The maximum atomic E-state index is 12.3. The second kappa shape index (κ2) is 6.40. The van der Waals surface area contributed by atoms with Gasteiger partial charge < -0.3 is 5.32 Å². The average molecular weight is 313 g/mol. The van der Waals surface area contributed by atoms with Gasteiger partial charge in [0.2, 0.25) is 0 Å². The number of anilines is 1. The second-order valence-electron chi connectivity index (χ2n) is 6.42.